The van der Waals surface area contributed by atoms with Crippen LogP contribution in [0.2, 0.25) is 0 Å². The SMILES string of the molecule is CCOCCCCCC([O])=O. The van der Waals surface area contributed by atoms with Crippen molar-refractivity contribution in [2.75, 3.05) is 13.2 Å². The van der Waals surface area contributed by atoms with Crippen molar-refractivity contribution in [3.63, 3.8) is 0 Å². The van der Waals surface area contributed by atoms with Crippen molar-refractivity contribution in [1.82, 2.24) is 0 Å². The molecule has 1 radical (unpaired) electrons. The first-order chi connectivity index (χ1) is 5.27. The molecule has 0 rings (SSSR count). The summed E-state index contributed by atoms with van der Waals surface area (Å²) in [5.74, 6) is -0.957. The van der Waals surface area contributed by atoms with Gasteiger partial charge in [0.05, 0.1) is 6.42 Å². The molecule has 0 aliphatic carbocycles. The van der Waals surface area contributed by atoms with Crippen molar-refractivity contribution in [2.45, 2.75) is 32.6 Å². The first kappa shape index (κ1) is 10.4. The van der Waals surface area contributed by atoms with Gasteiger partial charge in [0.25, 0.3) is 0 Å². The lowest BCUT2D eigenvalue weighted by Gasteiger charge is -1.98. The van der Waals surface area contributed by atoms with Gasteiger partial charge in [-0.15, -0.1) is 0 Å². The molecule has 0 heterocycles. The zero-order chi connectivity index (χ0) is 8.53. The number of ether oxygens (including phenoxy) is 1. The van der Waals surface area contributed by atoms with Gasteiger partial charge in [-0.1, -0.05) is 6.42 Å². The minimum absolute atomic E-state index is 0.173. The molecule has 0 aromatic heterocycles. The Hall–Kier alpha value is -0.570. The molecule has 0 aliphatic rings. The van der Waals surface area contributed by atoms with Crippen LogP contribution in [0.15, 0.2) is 0 Å². The summed E-state index contributed by atoms with van der Waals surface area (Å²) < 4.78 is 5.08. The van der Waals surface area contributed by atoms with Gasteiger partial charge < -0.3 is 4.74 Å². The van der Waals surface area contributed by atoms with Crippen LogP contribution in [-0.4, -0.2) is 19.2 Å². The lowest BCUT2D eigenvalue weighted by atomic mass is 10.2. The molecule has 3 heteroatoms. The molecule has 11 heavy (non-hydrogen) atoms. The van der Waals surface area contributed by atoms with E-state index < -0.39 is 5.97 Å². The van der Waals surface area contributed by atoms with Gasteiger partial charge in [-0.3, -0.25) is 0 Å². The maximum absolute atomic E-state index is 9.95. The molecule has 0 fully saturated rings. The van der Waals surface area contributed by atoms with Crippen molar-refractivity contribution in [3.8, 4) is 0 Å². The fraction of sp³-hybridized carbons (Fsp3) is 0.875. The molecule has 0 saturated heterocycles. The lowest BCUT2D eigenvalue weighted by Crippen LogP contribution is -1.95. The highest BCUT2D eigenvalue weighted by atomic mass is 16.5. The fourth-order valence-corrected chi connectivity index (χ4v) is 0.795. The number of hydrogen-bond donors (Lipinski definition) is 0. The zero-order valence-electron chi connectivity index (χ0n) is 6.97. The van der Waals surface area contributed by atoms with Gasteiger partial charge in [0.1, 0.15) is 0 Å². The van der Waals surface area contributed by atoms with Crippen LogP contribution in [0.4, 0.5) is 0 Å². The quantitative estimate of drug-likeness (QED) is 0.529. The second-order valence-electron chi connectivity index (χ2n) is 2.38. The molecule has 0 N–H and O–H groups in total. The van der Waals surface area contributed by atoms with E-state index in [1.165, 1.54) is 0 Å². The number of hydrogen-bond acceptors (Lipinski definition) is 2. The Morgan fingerprint density at radius 2 is 2.00 bits per heavy atom. The third-order valence-corrected chi connectivity index (χ3v) is 1.37. The van der Waals surface area contributed by atoms with E-state index in [0.29, 0.717) is 6.42 Å². The second kappa shape index (κ2) is 7.54. The molecule has 0 unspecified atom stereocenters. The van der Waals surface area contributed by atoms with Gasteiger partial charge in [0.2, 0.25) is 0 Å². The van der Waals surface area contributed by atoms with Crippen molar-refractivity contribution in [1.29, 1.82) is 0 Å². The van der Waals surface area contributed by atoms with E-state index in [-0.39, 0.29) is 6.42 Å². The van der Waals surface area contributed by atoms with Crippen LogP contribution in [0.5, 0.6) is 0 Å². The third kappa shape index (κ3) is 9.43. The first-order valence-corrected chi connectivity index (χ1v) is 4.05. The standard InChI is InChI=1S/C8H15O3/c1-2-11-7-5-3-4-6-8(9)10/h2-7H2,1H3. The van der Waals surface area contributed by atoms with Gasteiger partial charge in [-0.25, -0.2) is 9.90 Å². The summed E-state index contributed by atoms with van der Waals surface area (Å²) in [5, 5.41) is 9.95. The van der Waals surface area contributed by atoms with E-state index in [1.54, 1.807) is 0 Å². The molecule has 0 atom stereocenters. The maximum Gasteiger partial charge on any atom is 0.355 e. The smallest absolute Gasteiger partial charge is 0.355 e. The highest BCUT2D eigenvalue weighted by Gasteiger charge is 1.97. The van der Waals surface area contributed by atoms with Crippen LogP contribution in [-0.2, 0) is 14.6 Å². The van der Waals surface area contributed by atoms with Crippen molar-refractivity contribution >= 4 is 5.97 Å². The van der Waals surface area contributed by atoms with Crippen molar-refractivity contribution in [3.05, 3.63) is 0 Å². The highest BCUT2D eigenvalue weighted by Crippen LogP contribution is 1.99. The summed E-state index contributed by atoms with van der Waals surface area (Å²) in [4.78, 5) is 9.95. The number of unbranched alkanes of at least 4 members (excludes halogenated alkanes) is 2. The van der Waals surface area contributed by atoms with E-state index in [9.17, 15) is 9.90 Å². The molecular formula is C8H15O3. The van der Waals surface area contributed by atoms with Crippen molar-refractivity contribution in [2.24, 2.45) is 0 Å². The van der Waals surface area contributed by atoms with Crippen LogP contribution in [0, 0.1) is 0 Å². The minimum Gasteiger partial charge on any atom is -0.382 e. The summed E-state index contributed by atoms with van der Waals surface area (Å²) in [6, 6.07) is 0. The minimum atomic E-state index is -0.957. The zero-order valence-corrected chi connectivity index (χ0v) is 6.97. The van der Waals surface area contributed by atoms with E-state index in [1.807, 2.05) is 6.92 Å². The number of carbonyl (C=O) groups excluding carboxylic acids is 1. The Kier molecular flexibility index (Phi) is 7.15. The molecule has 3 nitrogen and oxygen atoms in total. The molecule has 0 aromatic rings. The molecule has 65 valence electrons. The Morgan fingerprint density at radius 3 is 2.55 bits per heavy atom. The summed E-state index contributed by atoms with van der Waals surface area (Å²) in [6.45, 7) is 3.42. The van der Waals surface area contributed by atoms with Crippen LogP contribution in [0.3, 0.4) is 0 Å². The first-order valence-electron chi connectivity index (χ1n) is 4.05. The lowest BCUT2D eigenvalue weighted by molar-refractivity contribution is -0.143. The largest absolute Gasteiger partial charge is 0.382 e. The fourth-order valence-electron chi connectivity index (χ4n) is 0.795. The maximum atomic E-state index is 9.95. The van der Waals surface area contributed by atoms with E-state index in [2.05, 4.69) is 0 Å². The topological polar surface area (TPSA) is 46.2 Å². The molecular weight excluding hydrogens is 144 g/mol. The van der Waals surface area contributed by atoms with Crippen LogP contribution >= 0.6 is 0 Å². The Morgan fingerprint density at radius 1 is 1.27 bits per heavy atom. The second-order valence-corrected chi connectivity index (χ2v) is 2.38. The Bertz CT molecular complexity index is 102. The summed E-state index contributed by atoms with van der Waals surface area (Å²) in [6.07, 6.45) is 2.73. The molecule has 0 saturated carbocycles. The Labute approximate surface area is 67.4 Å². The average Bonchev–Trinajstić information content (AvgIpc) is 1.96. The molecule has 0 bridgehead atoms. The van der Waals surface area contributed by atoms with E-state index in [0.717, 1.165) is 26.1 Å². The predicted molar refractivity (Wildman–Crippen MR) is 40.7 cm³/mol. The molecule has 0 spiro atoms. The normalized spacial score (nSPS) is 9.91. The van der Waals surface area contributed by atoms with Crippen molar-refractivity contribution < 1.29 is 14.6 Å². The van der Waals surface area contributed by atoms with Gasteiger partial charge in [-0.2, -0.15) is 0 Å². The summed E-state index contributed by atoms with van der Waals surface area (Å²) in [7, 11) is 0. The summed E-state index contributed by atoms with van der Waals surface area (Å²) >= 11 is 0. The molecule has 0 aromatic carbocycles. The number of rotatable bonds is 7. The Balaban J connectivity index is 2.85. The number of carbonyl (C=O) groups is 1. The van der Waals surface area contributed by atoms with Crippen LogP contribution < -0.4 is 0 Å². The van der Waals surface area contributed by atoms with Gasteiger partial charge in [-0.05, 0) is 19.8 Å². The predicted octanol–water partition coefficient (Wildman–Crippen LogP) is 1.54. The molecule has 0 amide bonds. The van der Waals surface area contributed by atoms with Crippen LogP contribution in [0.1, 0.15) is 32.6 Å². The highest BCUT2D eigenvalue weighted by molar-refractivity contribution is 5.66. The van der Waals surface area contributed by atoms with Gasteiger partial charge >= 0.3 is 5.97 Å². The average molecular weight is 159 g/mol. The molecule has 0 aliphatic heterocycles. The van der Waals surface area contributed by atoms with Gasteiger partial charge in [0, 0.05) is 13.2 Å². The van der Waals surface area contributed by atoms with E-state index in [4.69, 9.17) is 4.74 Å². The monoisotopic (exact) mass is 159 g/mol. The van der Waals surface area contributed by atoms with Crippen LogP contribution in [0.25, 0.3) is 0 Å². The van der Waals surface area contributed by atoms with Gasteiger partial charge in [0.15, 0.2) is 0 Å². The van der Waals surface area contributed by atoms with E-state index >= 15 is 0 Å². The summed E-state index contributed by atoms with van der Waals surface area (Å²) in [5.41, 5.74) is 0. The third-order valence-electron chi connectivity index (χ3n) is 1.37.